The first kappa shape index (κ1) is 19.5. The van der Waals surface area contributed by atoms with E-state index in [1.807, 2.05) is 50.2 Å². The normalized spacial score (nSPS) is 12.2. The first-order valence-corrected chi connectivity index (χ1v) is 8.58. The second-order valence-electron chi connectivity index (χ2n) is 7.28. The molecule has 2 N–H and O–H groups in total. The molecule has 26 heavy (non-hydrogen) atoms. The zero-order valence-electron chi connectivity index (χ0n) is 15.9. The minimum atomic E-state index is -0.854. The minimum absolute atomic E-state index is 0.328. The highest BCUT2D eigenvalue weighted by molar-refractivity contribution is 5.97. The Bertz CT molecular complexity index is 780. The third-order valence-corrected chi connectivity index (χ3v) is 3.83. The molecule has 2 rings (SSSR count). The number of carbonyl (C=O) groups excluding carboxylic acids is 2. The number of alkyl carbamates (subject to hydrolysis) is 1. The summed E-state index contributed by atoms with van der Waals surface area (Å²) < 4.78 is 5.29. The van der Waals surface area contributed by atoms with E-state index in [1.54, 1.807) is 32.9 Å². The highest BCUT2D eigenvalue weighted by Crippen LogP contribution is 2.19. The monoisotopic (exact) mass is 354 g/mol. The summed E-state index contributed by atoms with van der Waals surface area (Å²) in [5.41, 5.74) is 2.95. The van der Waals surface area contributed by atoms with Crippen LogP contribution in [-0.4, -0.2) is 17.6 Å². The number of carbonyl (C=O) groups is 2. The molecule has 0 saturated carbocycles. The summed E-state index contributed by atoms with van der Waals surface area (Å²) in [6.07, 6.45) is -0.637. The van der Waals surface area contributed by atoms with Crippen LogP contribution in [0.3, 0.4) is 0 Å². The highest BCUT2D eigenvalue weighted by atomic mass is 16.6. The van der Waals surface area contributed by atoms with Crippen molar-refractivity contribution in [2.24, 2.45) is 0 Å². The van der Waals surface area contributed by atoms with Gasteiger partial charge in [0.05, 0.1) is 0 Å². The van der Waals surface area contributed by atoms with Crippen molar-refractivity contribution < 1.29 is 14.3 Å². The van der Waals surface area contributed by atoms with Crippen molar-refractivity contribution in [3.8, 4) is 0 Å². The molecule has 0 heterocycles. The van der Waals surface area contributed by atoms with Gasteiger partial charge in [0.15, 0.2) is 0 Å². The van der Waals surface area contributed by atoms with Crippen molar-refractivity contribution in [1.29, 1.82) is 0 Å². The van der Waals surface area contributed by atoms with Crippen LogP contribution in [0.2, 0.25) is 0 Å². The molecule has 138 valence electrons. The van der Waals surface area contributed by atoms with Gasteiger partial charge in [0, 0.05) is 5.69 Å². The molecule has 0 unspecified atom stereocenters. The molecule has 0 spiro atoms. The van der Waals surface area contributed by atoms with E-state index in [-0.39, 0.29) is 5.91 Å². The second kappa shape index (κ2) is 8.04. The van der Waals surface area contributed by atoms with Gasteiger partial charge in [0.25, 0.3) is 5.91 Å². The Morgan fingerprint density at radius 1 is 0.962 bits per heavy atom. The number of rotatable bonds is 4. The van der Waals surface area contributed by atoms with Crippen LogP contribution < -0.4 is 10.6 Å². The van der Waals surface area contributed by atoms with Gasteiger partial charge < -0.3 is 15.4 Å². The van der Waals surface area contributed by atoms with Crippen LogP contribution in [0, 0.1) is 13.8 Å². The zero-order valence-corrected chi connectivity index (χ0v) is 15.9. The van der Waals surface area contributed by atoms with Crippen molar-refractivity contribution in [3.63, 3.8) is 0 Å². The summed E-state index contributed by atoms with van der Waals surface area (Å²) in [7, 11) is 0. The topological polar surface area (TPSA) is 67.4 Å². The zero-order chi connectivity index (χ0) is 19.3. The Kier molecular flexibility index (Phi) is 6.03. The second-order valence-corrected chi connectivity index (χ2v) is 7.28. The van der Waals surface area contributed by atoms with E-state index < -0.39 is 17.7 Å². The molecule has 0 aliphatic carbocycles. The number of aryl methyl sites for hydroxylation is 2. The lowest BCUT2D eigenvalue weighted by Crippen LogP contribution is -2.40. The maximum atomic E-state index is 12.8. The smallest absolute Gasteiger partial charge is 0.408 e. The molecular formula is C21H26N2O3. The molecular weight excluding hydrogens is 328 g/mol. The SMILES string of the molecule is Cc1ccc(NC(=O)[C@@H](NC(=O)OC(C)(C)C)c2ccccc2)cc1C. The van der Waals surface area contributed by atoms with Gasteiger partial charge in [-0.05, 0) is 63.4 Å². The van der Waals surface area contributed by atoms with E-state index in [9.17, 15) is 9.59 Å². The molecule has 0 bridgehead atoms. The van der Waals surface area contributed by atoms with E-state index in [0.717, 1.165) is 11.1 Å². The van der Waals surface area contributed by atoms with Gasteiger partial charge in [-0.2, -0.15) is 0 Å². The largest absolute Gasteiger partial charge is 0.444 e. The molecule has 5 heteroatoms. The van der Waals surface area contributed by atoms with Crippen molar-refractivity contribution in [1.82, 2.24) is 5.32 Å². The van der Waals surface area contributed by atoms with Gasteiger partial charge in [0.1, 0.15) is 11.6 Å². The van der Waals surface area contributed by atoms with Gasteiger partial charge in [-0.3, -0.25) is 4.79 Å². The summed E-state index contributed by atoms with van der Waals surface area (Å²) in [4.78, 5) is 25.0. The van der Waals surface area contributed by atoms with Crippen LogP contribution in [-0.2, 0) is 9.53 Å². The first-order chi connectivity index (χ1) is 12.2. The van der Waals surface area contributed by atoms with Crippen LogP contribution >= 0.6 is 0 Å². The summed E-state index contributed by atoms with van der Waals surface area (Å²) in [5.74, 6) is -0.328. The minimum Gasteiger partial charge on any atom is -0.444 e. The van der Waals surface area contributed by atoms with Crippen LogP contribution in [0.25, 0.3) is 0 Å². The highest BCUT2D eigenvalue weighted by Gasteiger charge is 2.25. The molecule has 2 aromatic rings. The quantitative estimate of drug-likeness (QED) is 0.849. The lowest BCUT2D eigenvalue weighted by molar-refractivity contribution is -0.118. The van der Waals surface area contributed by atoms with E-state index in [4.69, 9.17) is 4.74 Å². The molecule has 0 aliphatic rings. The fourth-order valence-electron chi connectivity index (χ4n) is 2.40. The maximum Gasteiger partial charge on any atom is 0.408 e. The maximum absolute atomic E-state index is 12.8. The first-order valence-electron chi connectivity index (χ1n) is 8.58. The van der Waals surface area contributed by atoms with Crippen LogP contribution in [0.1, 0.15) is 43.5 Å². The summed E-state index contributed by atoms with van der Waals surface area (Å²) >= 11 is 0. The predicted molar refractivity (Wildman–Crippen MR) is 103 cm³/mol. The van der Waals surface area contributed by atoms with Gasteiger partial charge >= 0.3 is 6.09 Å². The third-order valence-electron chi connectivity index (χ3n) is 3.83. The van der Waals surface area contributed by atoms with Crippen molar-refractivity contribution in [2.75, 3.05) is 5.32 Å². The molecule has 0 aromatic heterocycles. The molecule has 5 nitrogen and oxygen atoms in total. The average molecular weight is 354 g/mol. The Morgan fingerprint density at radius 2 is 1.62 bits per heavy atom. The molecule has 2 amide bonds. The van der Waals surface area contributed by atoms with Gasteiger partial charge in [-0.25, -0.2) is 4.79 Å². The van der Waals surface area contributed by atoms with E-state index in [2.05, 4.69) is 10.6 Å². The predicted octanol–water partition coefficient (Wildman–Crippen LogP) is 4.51. The van der Waals surface area contributed by atoms with E-state index in [0.29, 0.717) is 11.3 Å². The lowest BCUT2D eigenvalue weighted by atomic mass is 10.1. The Balaban J connectivity index is 2.21. The van der Waals surface area contributed by atoms with Gasteiger partial charge in [-0.1, -0.05) is 36.4 Å². The van der Waals surface area contributed by atoms with E-state index >= 15 is 0 Å². The summed E-state index contributed by atoms with van der Waals surface area (Å²) in [5, 5.41) is 5.53. The van der Waals surface area contributed by atoms with Gasteiger partial charge in [0.2, 0.25) is 0 Å². The average Bonchev–Trinajstić information content (AvgIpc) is 2.55. The number of benzene rings is 2. The Morgan fingerprint density at radius 3 is 2.19 bits per heavy atom. The third kappa shape index (κ3) is 5.62. The van der Waals surface area contributed by atoms with Crippen molar-refractivity contribution >= 4 is 17.7 Å². The Hall–Kier alpha value is -2.82. The molecule has 0 aliphatic heterocycles. The number of anilines is 1. The molecule has 0 fully saturated rings. The van der Waals surface area contributed by atoms with Crippen molar-refractivity contribution in [3.05, 3.63) is 65.2 Å². The summed E-state index contributed by atoms with van der Waals surface area (Å²) in [6.45, 7) is 9.33. The van der Waals surface area contributed by atoms with Crippen LogP contribution in [0.5, 0.6) is 0 Å². The molecule has 0 saturated heterocycles. The standard InChI is InChI=1S/C21H26N2O3/c1-14-11-12-17(13-15(14)2)22-19(24)18(16-9-7-6-8-10-16)23-20(25)26-21(3,4)5/h6-13,18H,1-5H3,(H,22,24)(H,23,25)/t18-/m0/s1. The number of hydrogen-bond donors (Lipinski definition) is 2. The van der Waals surface area contributed by atoms with Gasteiger partial charge in [-0.15, -0.1) is 0 Å². The summed E-state index contributed by atoms with van der Waals surface area (Å²) in [6, 6.07) is 13.9. The lowest BCUT2D eigenvalue weighted by Gasteiger charge is -2.23. The van der Waals surface area contributed by atoms with Crippen molar-refractivity contribution in [2.45, 2.75) is 46.3 Å². The fourth-order valence-corrected chi connectivity index (χ4v) is 2.40. The fraction of sp³-hybridized carbons (Fsp3) is 0.333. The molecule has 1 atom stereocenters. The number of ether oxygens (including phenoxy) is 1. The number of hydrogen-bond acceptors (Lipinski definition) is 3. The molecule has 0 radical (unpaired) electrons. The Labute approximate surface area is 154 Å². The number of nitrogens with one attached hydrogen (secondary N) is 2. The molecule has 2 aromatic carbocycles. The van der Waals surface area contributed by atoms with Crippen LogP contribution in [0.4, 0.5) is 10.5 Å². The van der Waals surface area contributed by atoms with E-state index in [1.165, 1.54) is 0 Å². The van der Waals surface area contributed by atoms with Crippen LogP contribution in [0.15, 0.2) is 48.5 Å². The number of amides is 2.